The molecule has 0 aromatic rings. The summed E-state index contributed by atoms with van der Waals surface area (Å²) in [4.78, 5) is 72.8. The summed E-state index contributed by atoms with van der Waals surface area (Å²) < 4.78 is 68.4. The topological polar surface area (TPSA) is 237 Å². The van der Waals surface area contributed by atoms with Gasteiger partial charge in [0.05, 0.1) is 26.4 Å². The molecule has 0 aromatic heterocycles. The molecule has 0 saturated carbocycles. The maximum atomic E-state index is 13.1. The molecule has 0 rings (SSSR count). The molecule has 0 bridgehead atoms. The third-order valence-electron chi connectivity index (χ3n) is 16.5. The summed E-state index contributed by atoms with van der Waals surface area (Å²) >= 11 is 0. The molecule has 0 saturated heterocycles. The molecule has 0 aliphatic rings. The van der Waals surface area contributed by atoms with E-state index in [9.17, 15) is 43.2 Å². The van der Waals surface area contributed by atoms with E-state index in [1.165, 1.54) is 116 Å². The second-order valence-electron chi connectivity index (χ2n) is 25.9. The molecule has 0 aliphatic heterocycles. The highest BCUT2D eigenvalue weighted by molar-refractivity contribution is 7.47. The van der Waals surface area contributed by atoms with Crippen LogP contribution in [0.5, 0.6) is 0 Å². The Morgan fingerprint density at radius 3 is 0.802 bits per heavy atom. The number of esters is 4. The molecule has 19 heteroatoms. The normalized spacial score (nSPS) is 14.3. The van der Waals surface area contributed by atoms with Crippen LogP contribution in [0.3, 0.4) is 0 Å². The molecule has 0 heterocycles. The second-order valence-corrected chi connectivity index (χ2v) is 28.9. The van der Waals surface area contributed by atoms with Crippen molar-refractivity contribution < 1.29 is 80.2 Å². The average Bonchev–Trinajstić information content (AvgIpc) is 1.09. The third kappa shape index (κ3) is 69.2. The Kier molecular flexibility index (Phi) is 67.8. The van der Waals surface area contributed by atoms with Crippen LogP contribution in [-0.2, 0) is 65.4 Å². The highest BCUT2D eigenvalue weighted by atomic mass is 31.2. The summed E-state index contributed by atoms with van der Waals surface area (Å²) in [7, 11) is -9.94. The zero-order valence-electron chi connectivity index (χ0n) is 61.1. The minimum Gasteiger partial charge on any atom is -0.462 e. The molecule has 0 fully saturated rings. The Morgan fingerprint density at radius 2 is 0.510 bits per heavy atom. The lowest BCUT2D eigenvalue weighted by molar-refractivity contribution is -0.161. The molecule has 0 radical (unpaired) electrons. The third-order valence-corrected chi connectivity index (χ3v) is 18.4. The minimum atomic E-state index is -4.97. The molecule has 0 aromatic carbocycles. The number of carbonyl (C=O) groups excluding carboxylic acids is 4. The van der Waals surface area contributed by atoms with Crippen LogP contribution in [0.4, 0.5) is 0 Å². The van der Waals surface area contributed by atoms with Gasteiger partial charge >= 0.3 is 39.5 Å². The van der Waals surface area contributed by atoms with Gasteiger partial charge in [-0.1, -0.05) is 268 Å². The maximum Gasteiger partial charge on any atom is 0.472 e. The number of hydrogen-bond donors (Lipinski definition) is 3. The second kappa shape index (κ2) is 70.2. The van der Waals surface area contributed by atoms with Crippen LogP contribution >= 0.6 is 15.6 Å². The van der Waals surface area contributed by atoms with E-state index >= 15 is 0 Å². The Labute approximate surface area is 584 Å². The molecular weight excluding hydrogens is 1260 g/mol. The van der Waals surface area contributed by atoms with Crippen molar-refractivity contribution in [3.05, 3.63) is 60.8 Å². The van der Waals surface area contributed by atoms with Gasteiger partial charge in [-0.15, -0.1) is 0 Å². The molecule has 0 aliphatic carbocycles. The van der Waals surface area contributed by atoms with Gasteiger partial charge in [-0.25, -0.2) is 9.13 Å². The summed E-state index contributed by atoms with van der Waals surface area (Å²) in [6, 6.07) is 0. The molecule has 560 valence electrons. The molecule has 5 unspecified atom stereocenters. The number of phosphoric acid groups is 2. The SMILES string of the molecule is CCCCC/C=C\C/C=C\CCCCCCCC(=O)OCC(COP(=O)(O)OCC(O)COP(=O)(O)OCC(COC(=O)CCCCCCC/C=C\C/C=C\CCCCC)OC(=O)CCCCCCCCCCCCC)OC(=O)CCCCCCC/C=C\CCCCCCCC. The van der Waals surface area contributed by atoms with Crippen LogP contribution in [0.15, 0.2) is 60.8 Å². The summed E-state index contributed by atoms with van der Waals surface area (Å²) in [6.45, 7) is 4.82. The molecule has 0 spiro atoms. The summed E-state index contributed by atoms with van der Waals surface area (Å²) in [6.07, 6.45) is 67.8. The number of allylic oxidation sites excluding steroid dienone is 10. The molecule has 0 amide bonds. The van der Waals surface area contributed by atoms with Crippen LogP contribution in [0.1, 0.15) is 349 Å². The fourth-order valence-electron chi connectivity index (χ4n) is 10.5. The van der Waals surface area contributed by atoms with Crippen LogP contribution in [0, 0.1) is 0 Å². The average molecular weight is 1400 g/mol. The summed E-state index contributed by atoms with van der Waals surface area (Å²) in [5.74, 6) is -2.19. The van der Waals surface area contributed by atoms with Crippen LogP contribution < -0.4 is 0 Å². The maximum absolute atomic E-state index is 13.1. The molecule has 96 heavy (non-hydrogen) atoms. The van der Waals surface area contributed by atoms with Gasteiger partial charge in [0.25, 0.3) is 0 Å². The van der Waals surface area contributed by atoms with Gasteiger partial charge < -0.3 is 33.8 Å². The van der Waals surface area contributed by atoms with Gasteiger partial charge in [-0.05, 0) is 116 Å². The van der Waals surface area contributed by atoms with E-state index in [1.807, 2.05) is 0 Å². The summed E-state index contributed by atoms with van der Waals surface area (Å²) in [5, 5.41) is 10.6. The fourth-order valence-corrected chi connectivity index (χ4v) is 12.1. The van der Waals surface area contributed by atoms with Crippen molar-refractivity contribution in [3.63, 3.8) is 0 Å². The number of aliphatic hydroxyl groups excluding tert-OH is 1. The van der Waals surface area contributed by atoms with Crippen molar-refractivity contribution >= 4 is 39.5 Å². The zero-order valence-corrected chi connectivity index (χ0v) is 62.8. The zero-order chi connectivity index (χ0) is 70.4. The predicted octanol–water partition coefficient (Wildman–Crippen LogP) is 21.9. The number of ether oxygens (including phenoxy) is 4. The van der Waals surface area contributed by atoms with Crippen molar-refractivity contribution in [2.24, 2.45) is 0 Å². The molecule has 3 N–H and O–H groups in total. The van der Waals surface area contributed by atoms with Gasteiger partial charge in [0.15, 0.2) is 12.2 Å². The molecular formula is C77H140O17P2. The highest BCUT2D eigenvalue weighted by Crippen LogP contribution is 2.45. The number of rotatable bonds is 73. The first kappa shape index (κ1) is 92.8. The minimum absolute atomic E-state index is 0.0857. The first-order chi connectivity index (χ1) is 46.7. The van der Waals surface area contributed by atoms with E-state index in [2.05, 4.69) is 88.5 Å². The Bertz CT molecular complexity index is 2060. The van der Waals surface area contributed by atoms with Gasteiger partial charge in [0, 0.05) is 25.7 Å². The standard InChI is InChI=1S/C77H140O17P2/c1-5-9-13-17-21-25-29-32-35-38-42-45-49-53-57-61-74(79)87-67-72(93-76(81)63-59-55-51-47-41-28-24-20-16-12-8-4)69-91-95(83,84)89-65-71(78)66-90-96(85,86)92-70-73(94-77(82)64-60-56-52-48-44-40-37-34-31-27-23-19-15-11-7-3)68-88-75(80)62-58-54-50-46-43-39-36-33-30-26-22-18-14-10-6-2/h21-22,25-26,32-37,71-73,78H,5-20,23-24,27-31,38-70H2,1-4H3,(H,83,84)(H,85,86)/b25-21-,26-22-,35-32-,36-33-,37-34-. The van der Waals surface area contributed by atoms with E-state index in [0.29, 0.717) is 25.7 Å². The molecule has 5 atom stereocenters. The van der Waals surface area contributed by atoms with Crippen LogP contribution in [0.2, 0.25) is 0 Å². The predicted molar refractivity (Wildman–Crippen MR) is 390 cm³/mol. The Hall–Kier alpha value is -3.24. The van der Waals surface area contributed by atoms with Crippen molar-refractivity contribution in [2.45, 2.75) is 367 Å². The Morgan fingerprint density at radius 1 is 0.292 bits per heavy atom. The van der Waals surface area contributed by atoms with E-state index in [0.717, 1.165) is 154 Å². The number of aliphatic hydroxyl groups is 1. The van der Waals surface area contributed by atoms with Crippen LogP contribution in [-0.4, -0.2) is 96.7 Å². The lowest BCUT2D eigenvalue weighted by atomic mass is 10.1. The lowest BCUT2D eigenvalue weighted by Gasteiger charge is -2.21. The number of carbonyl (C=O) groups is 4. The van der Waals surface area contributed by atoms with Crippen molar-refractivity contribution in [3.8, 4) is 0 Å². The quantitative estimate of drug-likeness (QED) is 0.0169. The first-order valence-corrected chi connectivity index (χ1v) is 41.5. The van der Waals surface area contributed by atoms with Crippen molar-refractivity contribution in [1.82, 2.24) is 0 Å². The Balaban J connectivity index is 5.33. The highest BCUT2D eigenvalue weighted by Gasteiger charge is 2.30. The van der Waals surface area contributed by atoms with E-state index in [1.54, 1.807) is 0 Å². The number of unbranched alkanes of at least 4 members (excludes halogenated alkanes) is 37. The van der Waals surface area contributed by atoms with Gasteiger partial charge in [-0.3, -0.25) is 37.3 Å². The lowest BCUT2D eigenvalue weighted by Crippen LogP contribution is -2.30. The van der Waals surface area contributed by atoms with E-state index in [-0.39, 0.29) is 25.7 Å². The monoisotopic (exact) mass is 1400 g/mol. The number of phosphoric ester groups is 2. The van der Waals surface area contributed by atoms with E-state index < -0.39 is 97.5 Å². The van der Waals surface area contributed by atoms with E-state index in [4.69, 9.17) is 37.0 Å². The largest absolute Gasteiger partial charge is 0.472 e. The number of hydrogen-bond acceptors (Lipinski definition) is 15. The fraction of sp³-hybridized carbons (Fsp3) is 0.818. The van der Waals surface area contributed by atoms with Gasteiger partial charge in [0.1, 0.15) is 19.3 Å². The summed E-state index contributed by atoms with van der Waals surface area (Å²) in [5.41, 5.74) is 0. The van der Waals surface area contributed by atoms with Gasteiger partial charge in [0.2, 0.25) is 0 Å². The smallest absolute Gasteiger partial charge is 0.462 e. The molecule has 17 nitrogen and oxygen atoms in total. The van der Waals surface area contributed by atoms with Crippen LogP contribution in [0.25, 0.3) is 0 Å². The van der Waals surface area contributed by atoms with Crippen molar-refractivity contribution in [1.29, 1.82) is 0 Å². The first-order valence-electron chi connectivity index (χ1n) is 38.5. The van der Waals surface area contributed by atoms with Gasteiger partial charge in [-0.2, -0.15) is 0 Å². The van der Waals surface area contributed by atoms with Crippen molar-refractivity contribution in [2.75, 3.05) is 39.6 Å².